The van der Waals surface area contributed by atoms with Gasteiger partial charge in [-0.3, -0.25) is 0 Å². The monoisotopic (exact) mass is 270 g/mol. The van der Waals surface area contributed by atoms with Crippen LogP contribution in [0.25, 0.3) is 0 Å². The van der Waals surface area contributed by atoms with Gasteiger partial charge in [-0.25, -0.2) is 0 Å². The third-order valence-corrected chi connectivity index (χ3v) is 2.85. The molecule has 0 aliphatic carbocycles. The Labute approximate surface area is 115 Å². The molecule has 0 heterocycles. The predicted octanol–water partition coefficient (Wildman–Crippen LogP) is 4.60. The average molecular weight is 271 g/mol. The van der Waals surface area contributed by atoms with Crippen LogP contribution in [0.4, 0.5) is 0 Å². The average Bonchev–Trinajstić information content (AvgIpc) is 2.28. The molecule has 0 N–H and O–H groups in total. The first kappa shape index (κ1) is 15.9. The summed E-state index contributed by atoms with van der Waals surface area (Å²) in [5, 5.41) is 0. The Hall–Kier alpha value is -1.07. The Kier molecular flexibility index (Phi) is 7.58. The second kappa shape index (κ2) is 8.09. The van der Waals surface area contributed by atoms with Gasteiger partial charge in [0.15, 0.2) is 0 Å². The van der Waals surface area contributed by atoms with Crippen molar-refractivity contribution in [2.24, 2.45) is 0 Å². The molecule has 0 nitrogen and oxygen atoms in total. The number of rotatable bonds is 0. The summed E-state index contributed by atoms with van der Waals surface area (Å²) >= 11 is 0. The zero-order valence-electron chi connectivity index (χ0n) is 10.9. The SMILES string of the molecule is Cc1ccccc1C.Cc1ccccc1C.[Ni]. The first-order chi connectivity index (χ1) is 7.61. The molecule has 2 aromatic rings. The molecule has 2 rings (SSSR count). The molecule has 2 aromatic carbocycles. The summed E-state index contributed by atoms with van der Waals surface area (Å²) in [6.45, 7) is 8.48. The van der Waals surface area contributed by atoms with Crippen molar-refractivity contribution in [3.8, 4) is 0 Å². The summed E-state index contributed by atoms with van der Waals surface area (Å²) in [7, 11) is 0. The fourth-order valence-electron chi connectivity index (χ4n) is 1.33. The van der Waals surface area contributed by atoms with Crippen LogP contribution in [-0.4, -0.2) is 0 Å². The standard InChI is InChI=1S/2C8H10.Ni/c2*1-7-5-3-4-6-8(7)2;/h2*3-6H,1-2H3;. The van der Waals surface area contributed by atoms with Crippen LogP contribution in [0.2, 0.25) is 0 Å². The van der Waals surface area contributed by atoms with Crippen molar-refractivity contribution in [3.63, 3.8) is 0 Å². The van der Waals surface area contributed by atoms with Crippen LogP contribution in [0.15, 0.2) is 48.5 Å². The maximum absolute atomic E-state index is 2.12. The zero-order chi connectivity index (χ0) is 12.0. The molecule has 0 saturated carbocycles. The van der Waals surface area contributed by atoms with Gasteiger partial charge in [-0.1, -0.05) is 48.5 Å². The smallest absolute Gasteiger partial charge is 0 e. The number of benzene rings is 2. The Bertz CT molecular complexity index is 361. The maximum Gasteiger partial charge on any atom is 0 e. The largest absolute Gasteiger partial charge is 0.0620 e. The van der Waals surface area contributed by atoms with Gasteiger partial charge in [0.1, 0.15) is 0 Å². The quantitative estimate of drug-likeness (QED) is 0.614. The molecule has 17 heavy (non-hydrogen) atoms. The summed E-state index contributed by atoms with van der Waals surface area (Å²) in [5.74, 6) is 0. The van der Waals surface area contributed by atoms with Crippen molar-refractivity contribution in [1.82, 2.24) is 0 Å². The normalized spacial score (nSPS) is 8.71. The van der Waals surface area contributed by atoms with Gasteiger partial charge in [0.05, 0.1) is 0 Å². The minimum absolute atomic E-state index is 0. The van der Waals surface area contributed by atoms with Crippen LogP contribution >= 0.6 is 0 Å². The molecule has 0 atom stereocenters. The molecule has 0 aliphatic heterocycles. The van der Waals surface area contributed by atoms with E-state index in [-0.39, 0.29) is 16.5 Å². The van der Waals surface area contributed by atoms with Crippen molar-refractivity contribution in [2.45, 2.75) is 27.7 Å². The van der Waals surface area contributed by atoms with Crippen LogP contribution in [0, 0.1) is 27.7 Å². The third kappa shape index (κ3) is 5.70. The molecule has 0 saturated heterocycles. The van der Waals surface area contributed by atoms with E-state index in [2.05, 4.69) is 76.2 Å². The van der Waals surface area contributed by atoms with Crippen LogP contribution in [0.3, 0.4) is 0 Å². The van der Waals surface area contributed by atoms with Crippen LogP contribution < -0.4 is 0 Å². The van der Waals surface area contributed by atoms with Crippen LogP contribution in [0.1, 0.15) is 22.3 Å². The summed E-state index contributed by atoms with van der Waals surface area (Å²) < 4.78 is 0. The van der Waals surface area contributed by atoms with Crippen molar-refractivity contribution >= 4 is 0 Å². The van der Waals surface area contributed by atoms with Crippen molar-refractivity contribution in [2.75, 3.05) is 0 Å². The minimum atomic E-state index is 0. The summed E-state index contributed by atoms with van der Waals surface area (Å²) in [6, 6.07) is 16.7. The van der Waals surface area contributed by atoms with E-state index >= 15 is 0 Å². The molecule has 94 valence electrons. The number of hydrogen-bond donors (Lipinski definition) is 0. The zero-order valence-corrected chi connectivity index (χ0v) is 11.9. The van der Waals surface area contributed by atoms with E-state index in [0.717, 1.165) is 0 Å². The molecular weight excluding hydrogens is 251 g/mol. The molecule has 0 unspecified atom stereocenters. The topological polar surface area (TPSA) is 0 Å². The summed E-state index contributed by atoms with van der Waals surface area (Å²) in [6.07, 6.45) is 0. The fraction of sp³-hybridized carbons (Fsp3) is 0.250. The first-order valence-corrected chi connectivity index (χ1v) is 5.65. The molecule has 0 amide bonds. The van der Waals surface area contributed by atoms with Gasteiger partial charge in [-0.05, 0) is 49.9 Å². The van der Waals surface area contributed by atoms with Gasteiger partial charge in [-0.2, -0.15) is 0 Å². The number of aryl methyl sites for hydroxylation is 4. The van der Waals surface area contributed by atoms with Crippen molar-refractivity contribution in [3.05, 3.63) is 70.8 Å². The van der Waals surface area contributed by atoms with Gasteiger partial charge in [0.25, 0.3) is 0 Å². The molecule has 0 aromatic heterocycles. The molecule has 0 radical (unpaired) electrons. The van der Waals surface area contributed by atoms with Gasteiger partial charge < -0.3 is 0 Å². The first-order valence-electron chi connectivity index (χ1n) is 5.65. The van der Waals surface area contributed by atoms with Crippen molar-refractivity contribution in [1.29, 1.82) is 0 Å². The Morgan fingerprint density at radius 3 is 0.765 bits per heavy atom. The maximum atomic E-state index is 2.12. The molecule has 0 bridgehead atoms. The third-order valence-electron chi connectivity index (χ3n) is 2.85. The van der Waals surface area contributed by atoms with Crippen molar-refractivity contribution < 1.29 is 16.5 Å². The van der Waals surface area contributed by atoms with E-state index in [9.17, 15) is 0 Å². The van der Waals surface area contributed by atoms with E-state index in [1.807, 2.05) is 0 Å². The second-order valence-electron chi connectivity index (χ2n) is 4.17. The fourth-order valence-corrected chi connectivity index (χ4v) is 1.33. The van der Waals surface area contributed by atoms with E-state index < -0.39 is 0 Å². The van der Waals surface area contributed by atoms with E-state index in [0.29, 0.717) is 0 Å². The van der Waals surface area contributed by atoms with E-state index in [1.165, 1.54) is 22.3 Å². The Morgan fingerprint density at radius 2 is 0.647 bits per heavy atom. The molecule has 0 fully saturated rings. The van der Waals surface area contributed by atoms with Gasteiger partial charge in [0.2, 0.25) is 0 Å². The van der Waals surface area contributed by atoms with Gasteiger partial charge in [0, 0.05) is 16.5 Å². The number of hydrogen-bond acceptors (Lipinski definition) is 0. The second-order valence-corrected chi connectivity index (χ2v) is 4.17. The molecule has 1 heteroatoms. The van der Waals surface area contributed by atoms with E-state index in [4.69, 9.17) is 0 Å². The van der Waals surface area contributed by atoms with Gasteiger partial charge in [-0.15, -0.1) is 0 Å². The predicted molar refractivity (Wildman–Crippen MR) is 71.8 cm³/mol. The summed E-state index contributed by atoms with van der Waals surface area (Å²) in [4.78, 5) is 0. The van der Waals surface area contributed by atoms with Gasteiger partial charge >= 0.3 is 0 Å². The Morgan fingerprint density at radius 1 is 0.471 bits per heavy atom. The molecule has 0 spiro atoms. The van der Waals surface area contributed by atoms with Crippen LogP contribution in [0.5, 0.6) is 0 Å². The Balaban J connectivity index is 0.000000284. The van der Waals surface area contributed by atoms with Crippen LogP contribution in [-0.2, 0) is 16.5 Å². The summed E-state index contributed by atoms with van der Waals surface area (Å²) in [5.41, 5.74) is 5.47. The molecule has 0 aliphatic rings. The minimum Gasteiger partial charge on any atom is -0.0620 e. The van der Waals surface area contributed by atoms with E-state index in [1.54, 1.807) is 0 Å². The molecular formula is C16H20Ni.